The molecule has 2 rings (SSSR count). The fourth-order valence-corrected chi connectivity index (χ4v) is 2.26. The van der Waals surface area contributed by atoms with E-state index < -0.39 is 0 Å². The molecule has 2 saturated heterocycles. The summed E-state index contributed by atoms with van der Waals surface area (Å²) in [6.07, 6.45) is 2.09. The number of piperidine rings is 1. The minimum absolute atomic E-state index is 0.0242. The van der Waals surface area contributed by atoms with Crippen LogP contribution in [-0.4, -0.2) is 55.1 Å². The van der Waals surface area contributed by atoms with Crippen molar-refractivity contribution in [3.05, 3.63) is 0 Å². The maximum Gasteiger partial charge on any atom is 0.235 e. The van der Waals surface area contributed by atoms with Crippen molar-refractivity contribution in [3.63, 3.8) is 0 Å². The molecule has 13 heavy (non-hydrogen) atoms. The van der Waals surface area contributed by atoms with Crippen LogP contribution in [0, 0.1) is 0 Å². The Kier molecular flexibility index (Phi) is 2.04. The van der Waals surface area contributed by atoms with Crippen LogP contribution in [0.4, 0.5) is 0 Å². The van der Waals surface area contributed by atoms with Gasteiger partial charge in [-0.3, -0.25) is 9.69 Å². The van der Waals surface area contributed by atoms with Crippen LogP contribution in [0.3, 0.4) is 0 Å². The van der Waals surface area contributed by atoms with Gasteiger partial charge in [-0.1, -0.05) is 0 Å². The molecule has 0 atom stereocenters. The topological polar surface area (TPSA) is 35.6 Å². The number of amides is 1. The van der Waals surface area contributed by atoms with E-state index in [1.165, 1.54) is 0 Å². The summed E-state index contributed by atoms with van der Waals surface area (Å²) >= 11 is 0. The number of nitrogens with zero attached hydrogens (tertiary/aromatic N) is 2. The van der Waals surface area contributed by atoms with Crippen molar-refractivity contribution in [1.29, 1.82) is 0 Å². The largest absolute Gasteiger partial charge is 0.337 e. The van der Waals surface area contributed by atoms with E-state index in [9.17, 15) is 4.79 Å². The predicted molar refractivity (Wildman–Crippen MR) is 50.2 cm³/mol. The Morgan fingerprint density at radius 3 is 2.38 bits per heavy atom. The number of carbonyl (C=O) groups excluding carboxylic acids is 1. The van der Waals surface area contributed by atoms with E-state index in [0.29, 0.717) is 6.54 Å². The van der Waals surface area contributed by atoms with E-state index in [0.717, 1.165) is 25.9 Å². The molecule has 2 fully saturated rings. The van der Waals surface area contributed by atoms with Crippen molar-refractivity contribution in [3.8, 4) is 0 Å². The molecular formula is C9H17N3O. The van der Waals surface area contributed by atoms with E-state index in [4.69, 9.17) is 0 Å². The molecule has 2 aliphatic rings. The third kappa shape index (κ3) is 1.44. The SMILES string of the molecule is CN1CCC2(CC1)NC(=O)CN2C. The second kappa shape index (κ2) is 2.96. The highest BCUT2D eigenvalue weighted by molar-refractivity contribution is 5.81. The van der Waals surface area contributed by atoms with Crippen LogP contribution in [0.1, 0.15) is 12.8 Å². The molecule has 0 aromatic heterocycles. The quantitative estimate of drug-likeness (QED) is 0.548. The number of nitrogens with one attached hydrogen (secondary N) is 1. The molecular weight excluding hydrogens is 166 g/mol. The summed E-state index contributed by atoms with van der Waals surface area (Å²) in [5, 5.41) is 3.10. The van der Waals surface area contributed by atoms with Gasteiger partial charge >= 0.3 is 0 Å². The molecule has 4 nitrogen and oxygen atoms in total. The van der Waals surface area contributed by atoms with E-state index in [1.54, 1.807) is 0 Å². The van der Waals surface area contributed by atoms with Gasteiger partial charge in [-0.05, 0) is 26.9 Å². The summed E-state index contributed by atoms with van der Waals surface area (Å²) in [4.78, 5) is 15.7. The van der Waals surface area contributed by atoms with Crippen molar-refractivity contribution in [1.82, 2.24) is 15.1 Å². The number of likely N-dealkylation sites (N-methyl/N-ethyl adjacent to an activating group) is 1. The maximum absolute atomic E-state index is 11.2. The zero-order valence-electron chi connectivity index (χ0n) is 8.34. The Bertz CT molecular complexity index is 221. The van der Waals surface area contributed by atoms with Gasteiger partial charge in [-0.15, -0.1) is 0 Å². The highest BCUT2D eigenvalue weighted by Gasteiger charge is 2.43. The van der Waals surface area contributed by atoms with Gasteiger partial charge in [-0.25, -0.2) is 0 Å². The third-order valence-corrected chi connectivity index (χ3v) is 3.30. The monoisotopic (exact) mass is 183 g/mol. The van der Waals surface area contributed by atoms with Gasteiger partial charge in [0.1, 0.15) is 0 Å². The molecule has 0 saturated carbocycles. The van der Waals surface area contributed by atoms with Gasteiger partial charge < -0.3 is 10.2 Å². The Morgan fingerprint density at radius 2 is 1.92 bits per heavy atom. The summed E-state index contributed by atoms with van der Waals surface area (Å²) in [5.74, 6) is 0.173. The number of carbonyl (C=O) groups is 1. The molecule has 1 spiro atoms. The molecule has 74 valence electrons. The number of hydrogen-bond acceptors (Lipinski definition) is 3. The predicted octanol–water partition coefficient (Wildman–Crippen LogP) is -0.530. The highest BCUT2D eigenvalue weighted by Crippen LogP contribution is 2.27. The Hall–Kier alpha value is -0.610. The van der Waals surface area contributed by atoms with E-state index in [2.05, 4.69) is 22.2 Å². The lowest BCUT2D eigenvalue weighted by molar-refractivity contribution is -0.119. The van der Waals surface area contributed by atoms with Crippen LogP contribution in [0.5, 0.6) is 0 Å². The lowest BCUT2D eigenvalue weighted by Gasteiger charge is -2.41. The fourth-order valence-electron chi connectivity index (χ4n) is 2.26. The summed E-state index contributed by atoms with van der Waals surface area (Å²) in [7, 11) is 4.16. The molecule has 2 aliphatic heterocycles. The van der Waals surface area contributed by atoms with E-state index in [1.807, 2.05) is 7.05 Å². The van der Waals surface area contributed by atoms with Crippen molar-refractivity contribution >= 4 is 5.91 Å². The minimum atomic E-state index is -0.0242. The average Bonchev–Trinajstić information content (AvgIpc) is 2.34. The normalized spacial score (nSPS) is 29.5. The molecule has 0 aliphatic carbocycles. The standard InChI is InChI=1S/C9H17N3O/c1-11-5-3-9(4-6-11)10-8(13)7-12(9)2/h3-7H2,1-2H3,(H,10,13). The first-order chi connectivity index (χ1) is 6.12. The van der Waals surface area contributed by atoms with Crippen molar-refractivity contribution in [2.24, 2.45) is 0 Å². The van der Waals surface area contributed by atoms with Crippen LogP contribution in [0.15, 0.2) is 0 Å². The Morgan fingerprint density at radius 1 is 1.31 bits per heavy atom. The summed E-state index contributed by atoms with van der Waals surface area (Å²) < 4.78 is 0. The second-order valence-corrected chi connectivity index (χ2v) is 4.24. The molecule has 0 aromatic rings. The lowest BCUT2D eigenvalue weighted by Crippen LogP contribution is -2.56. The van der Waals surface area contributed by atoms with Gasteiger partial charge in [0.05, 0.1) is 12.2 Å². The molecule has 0 bridgehead atoms. The van der Waals surface area contributed by atoms with Gasteiger partial charge in [0.2, 0.25) is 5.91 Å². The molecule has 4 heteroatoms. The summed E-state index contributed by atoms with van der Waals surface area (Å²) in [6.45, 7) is 2.71. The van der Waals surface area contributed by atoms with Gasteiger partial charge in [-0.2, -0.15) is 0 Å². The first-order valence-corrected chi connectivity index (χ1v) is 4.83. The summed E-state index contributed by atoms with van der Waals surface area (Å²) in [6, 6.07) is 0. The minimum Gasteiger partial charge on any atom is -0.337 e. The Balaban J connectivity index is 2.08. The second-order valence-electron chi connectivity index (χ2n) is 4.24. The van der Waals surface area contributed by atoms with Gasteiger partial charge in [0, 0.05) is 13.1 Å². The third-order valence-electron chi connectivity index (χ3n) is 3.30. The van der Waals surface area contributed by atoms with Crippen LogP contribution in [0.25, 0.3) is 0 Å². The highest BCUT2D eigenvalue weighted by atomic mass is 16.2. The molecule has 1 N–H and O–H groups in total. The Labute approximate surface area is 78.9 Å². The van der Waals surface area contributed by atoms with Crippen LogP contribution in [-0.2, 0) is 4.79 Å². The van der Waals surface area contributed by atoms with E-state index >= 15 is 0 Å². The molecule has 0 unspecified atom stereocenters. The lowest BCUT2D eigenvalue weighted by atomic mass is 9.97. The smallest absolute Gasteiger partial charge is 0.235 e. The number of hydrogen-bond donors (Lipinski definition) is 1. The fraction of sp³-hybridized carbons (Fsp3) is 0.889. The maximum atomic E-state index is 11.2. The van der Waals surface area contributed by atoms with E-state index in [-0.39, 0.29) is 11.6 Å². The molecule has 2 heterocycles. The first kappa shape index (κ1) is 8.97. The van der Waals surface area contributed by atoms with Crippen LogP contribution < -0.4 is 5.32 Å². The number of likely N-dealkylation sites (tertiary alicyclic amines) is 1. The first-order valence-electron chi connectivity index (χ1n) is 4.83. The molecule has 0 radical (unpaired) electrons. The van der Waals surface area contributed by atoms with Crippen molar-refractivity contribution in [2.45, 2.75) is 18.5 Å². The average molecular weight is 183 g/mol. The van der Waals surface area contributed by atoms with Crippen LogP contribution >= 0.6 is 0 Å². The zero-order valence-corrected chi connectivity index (χ0v) is 8.34. The van der Waals surface area contributed by atoms with Crippen molar-refractivity contribution in [2.75, 3.05) is 33.7 Å². The van der Waals surface area contributed by atoms with Crippen molar-refractivity contribution < 1.29 is 4.79 Å². The van der Waals surface area contributed by atoms with Gasteiger partial charge in [0.25, 0.3) is 0 Å². The van der Waals surface area contributed by atoms with Gasteiger partial charge in [0.15, 0.2) is 0 Å². The number of rotatable bonds is 0. The molecule has 0 aromatic carbocycles. The summed E-state index contributed by atoms with van der Waals surface area (Å²) in [5.41, 5.74) is -0.0242. The van der Waals surface area contributed by atoms with Crippen LogP contribution in [0.2, 0.25) is 0 Å². The zero-order chi connectivity index (χ0) is 9.47. The molecule has 1 amide bonds.